The molecular formula is C21H23NO3. The van der Waals surface area contributed by atoms with E-state index in [0.29, 0.717) is 11.5 Å². The fraction of sp³-hybridized carbons (Fsp3) is 0.381. The Kier molecular flexibility index (Phi) is 4.12. The van der Waals surface area contributed by atoms with Gasteiger partial charge in [-0.05, 0) is 49.4 Å². The Hall–Kier alpha value is -2.49. The first-order valence-electron chi connectivity index (χ1n) is 9.12. The number of rotatable bonds is 4. The predicted octanol–water partition coefficient (Wildman–Crippen LogP) is 5.67. The summed E-state index contributed by atoms with van der Waals surface area (Å²) in [4.78, 5) is 11.4. The Morgan fingerprint density at radius 1 is 1.24 bits per heavy atom. The topological polar surface area (TPSA) is 55.4 Å². The van der Waals surface area contributed by atoms with E-state index in [0.717, 1.165) is 17.6 Å². The molecule has 130 valence electrons. The molecule has 2 aromatic heterocycles. The predicted molar refractivity (Wildman–Crippen MR) is 98.1 cm³/mol. The van der Waals surface area contributed by atoms with Crippen LogP contribution in [0.5, 0.6) is 0 Å². The average molecular weight is 337 g/mol. The number of benzene rings is 1. The summed E-state index contributed by atoms with van der Waals surface area (Å²) < 4.78 is 7.61. The minimum Gasteiger partial charge on any atom is -0.478 e. The zero-order valence-electron chi connectivity index (χ0n) is 14.5. The van der Waals surface area contributed by atoms with Gasteiger partial charge in [-0.25, -0.2) is 4.79 Å². The lowest BCUT2D eigenvalue weighted by molar-refractivity contribution is 0.0697. The molecule has 0 spiro atoms. The van der Waals surface area contributed by atoms with Gasteiger partial charge in [0.15, 0.2) is 0 Å². The molecule has 0 radical (unpaired) electrons. The van der Waals surface area contributed by atoms with Gasteiger partial charge in [-0.2, -0.15) is 0 Å². The molecule has 1 N–H and O–H groups in total. The number of fused-ring (bicyclic) bond motifs is 1. The second-order valence-corrected chi connectivity index (χ2v) is 6.89. The van der Waals surface area contributed by atoms with Crippen LogP contribution >= 0.6 is 0 Å². The zero-order chi connectivity index (χ0) is 17.4. The molecule has 2 heterocycles. The summed E-state index contributed by atoms with van der Waals surface area (Å²) in [6, 6.07) is 7.55. The van der Waals surface area contributed by atoms with Gasteiger partial charge in [0.25, 0.3) is 0 Å². The van der Waals surface area contributed by atoms with Crippen molar-refractivity contribution < 1.29 is 14.3 Å². The summed E-state index contributed by atoms with van der Waals surface area (Å²) in [5, 5.41) is 10.6. The number of nitrogens with zero attached hydrogens (tertiary/aromatic N) is 1. The van der Waals surface area contributed by atoms with Gasteiger partial charge in [0.2, 0.25) is 0 Å². The maximum Gasteiger partial charge on any atom is 0.335 e. The molecule has 1 saturated carbocycles. The first-order valence-corrected chi connectivity index (χ1v) is 9.12. The number of furan rings is 1. The smallest absolute Gasteiger partial charge is 0.335 e. The molecule has 3 aromatic rings. The fourth-order valence-corrected chi connectivity index (χ4v) is 4.35. The summed E-state index contributed by atoms with van der Waals surface area (Å²) in [5.41, 5.74) is 5.00. The number of aromatic carboxylic acids is 1. The molecule has 4 rings (SSSR count). The second-order valence-electron chi connectivity index (χ2n) is 6.89. The first-order chi connectivity index (χ1) is 12.2. The minimum absolute atomic E-state index is 0.341. The molecule has 0 bridgehead atoms. The van der Waals surface area contributed by atoms with Crippen LogP contribution in [0.1, 0.15) is 60.9 Å². The number of hydrogen-bond donors (Lipinski definition) is 1. The van der Waals surface area contributed by atoms with Crippen LogP contribution in [0.2, 0.25) is 0 Å². The molecule has 0 saturated heterocycles. The number of aromatic nitrogens is 1. The van der Waals surface area contributed by atoms with Gasteiger partial charge in [0.1, 0.15) is 0 Å². The van der Waals surface area contributed by atoms with Crippen molar-refractivity contribution in [2.24, 2.45) is 0 Å². The van der Waals surface area contributed by atoms with Crippen molar-refractivity contribution in [3.8, 4) is 11.3 Å². The molecular weight excluding hydrogens is 314 g/mol. The molecule has 1 aliphatic rings. The van der Waals surface area contributed by atoms with Gasteiger partial charge in [-0.3, -0.25) is 0 Å². The monoisotopic (exact) mass is 337 g/mol. The van der Waals surface area contributed by atoms with E-state index in [1.807, 2.05) is 18.2 Å². The lowest BCUT2D eigenvalue weighted by Gasteiger charge is -2.23. The standard InChI is InChI=1S/C21H23NO3/c1-2-22-18-12-15(21(23)24)8-9-17(18)19(14-6-4-3-5-7-14)20(22)16-10-11-25-13-16/h8-14H,2-7H2,1H3,(H,23,24). The normalized spacial score (nSPS) is 15.7. The van der Waals surface area contributed by atoms with Gasteiger partial charge in [-0.1, -0.05) is 25.3 Å². The summed E-state index contributed by atoms with van der Waals surface area (Å²) in [6.45, 7) is 2.91. The van der Waals surface area contributed by atoms with Crippen LogP contribution in [0.3, 0.4) is 0 Å². The summed E-state index contributed by atoms with van der Waals surface area (Å²) >= 11 is 0. The van der Waals surface area contributed by atoms with Crippen LogP contribution in [0.4, 0.5) is 0 Å². The Morgan fingerprint density at radius 3 is 2.68 bits per heavy atom. The van der Waals surface area contributed by atoms with E-state index in [4.69, 9.17) is 4.42 Å². The molecule has 4 heteroatoms. The SMILES string of the molecule is CCn1c(-c2ccoc2)c(C2CCCCC2)c2ccc(C(=O)O)cc21. The van der Waals surface area contributed by atoms with E-state index in [2.05, 4.69) is 11.5 Å². The Morgan fingerprint density at radius 2 is 2.04 bits per heavy atom. The maximum absolute atomic E-state index is 11.4. The van der Waals surface area contributed by atoms with E-state index in [1.165, 1.54) is 48.7 Å². The minimum atomic E-state index is -0.880. The van der Waals surface area contributed by atoms with E-state index < -0.39 is 5.97 Å². The lowest BCUT2D eigenvalue weighted by Crippen LogP contribution is -2.06. The Bertz CT molecular complexity index is 899. The zero-order valence-corrected chi connectivity index (χ0v) is 14.5. The molecule has 1 aromatic carbocycles. The number of carboxylic acid groups (broad SMARTS) is 1. The summed E-state index contributed by atoms with van der Waals surface area (Å²) in [6.07, 6.45) is 9.75. The van der Waals surface area contributed by atoms with Crippen molar-refractivity contribution in [3.63, 3.8) is 0 Å². The Balaban J connectivity index is 2.02. The fourth-order valence-electron chi connectivity index (χ4n) is 4.35. The maximum atomic E-state index is 11.4. The average Bonchev–Trinajstić information content (AvgIpc) is 3.27. The van der Waals surface area contributed by atoms with Crippen molar-refractivity contribution in [2.75, 3.05) is 0 Å². The van der Waals surface area contributed by atoms with E-state index in [-0.39, 0.29) is 0 Å². The van der Waals surface area contributed by atoms with Gasteiger partial charge in [0.05, 0.1) is 23.8 Å². The number of hydrogen-bond acceptors (Lipinski definition) is 2. The van der Waals surface area contributed by atoms with Gasteiger partial charge in [0, 0.05) is 23.0 Å². The van der Waals surface area contributed by atoms with Crippen molar-refractivity contribution in [2.45, 2.75) is 51.5 Å². The molecule has 4 nitrogen and oxygen atoms in total. The highest BCUT2D eigenvalue weighted by Gasteiger charge is 2.26. The van der Waals surface area contributed by atoms with Gasteiger partial charge >= 0.3 is 5.97 Å². The van der Waals surface area contributed by atoms with E-state index >= 15 is 0 Å². The molecule has 0 unspecified atom stereocenters. The lowest BCUT2D eigenvalue weighted by atomic mass is 9.82. The summed E-state index contributed by atoms with van der Waals surface area (Å²) in [5.74, 6) is -0.348. The molecule has 1 aliphatic carbocycles. The Labute approximate surface area is 147 Å². The molecule has 1 fully saturated rings. The highest BCUT2D eigenvalue weighted by molar-refractivity contribution is 5.98. The highest BCUT2D eigenvalue weighted by Crippen LogP contribution is 2.44. The third kappa shape index (κ3) is 2.66. The molecule has 0 atom stereocenters. The van der Waals surface area contributed by atoms with Crippen molar-refractivity contribution >= 4 is 16.9 Å². The summed E-state index contributed by atoms with van der Waals surface area (Å²) in [7, 11) is 0. The number of aryl methyl sites for hydroxylation is 1. The quantitative estimate of drug-likeness (QED) is 0.667. The van der Waals surface area contributed by atoms with Crippen molar-refractivity contribution in [1.82, 2.24) is 4.57 Å². The third-order valence-corrected chi connectivity index (χ3v) is 5.47. The van der Waals surface area contributed by atoms with Gasteiger partial charge < -0.3 is 14.1 Å². The largest absolute Gasteiger partial charge is 0.478 e. The van der Waals surface area contributed by atoms with Crippen LogP contribution in [-0.2, 0) is 6.54 Å². The van der Waals surface area contributed by atoms with Crippen molar-refractivity contribution in [1.29, 1.82) is 0 Å². The second kappa shape index (κ2) is 6.43. The molecule has 0 amide bonds. The van der Waals surface area contributed by atoms with E-state index in [9.17, 15) is 9.90 Å². The van der Waals surface area contributed by atoms with Crippen LogP contribution < -0.4 is 0 Å². The van der Waals surface area contributed by atoms with Crippen LogP contribution in [0.15, 0.2) is 41.2 Å². The first kappa shape index (κ1) is 16.0. The molecule has 0 aliphatic heterocycles. The van der Waals surface area contributed by atoms with E-state index in [1.54, 1.807) is 18.6 Å². The third-order valence-electron chi connectivity index (χ3n) is 5.47. The van der Waals surface area contributed by atoms with Crippen molar-refractivity contribution in [3.05, 3.63) is 47.9 Å². The molecule has 25 heavy (non-hydrogen) atoms. The van der Waals surface area contributed by atoms with Gasteiger partial charge in [-0.15, -0.1) is 0 Å². The van der Waals surface area contributed by atoms with Crippen LogP contribution in [0, 0.1) is 0 Å². The van der Waals surface area contributed by atoms with Crippen LogP contribution in [0.25, 0.3) is 22.2 Å². The number of carboxylic acids is 1. The van der Waals surface area contributed by atoms with Crippen LogP contribution in [-0.4, -0.2) is 15.6 Å². The highest BCUT2D eigenvalue weighted by atomic mass is 16.4. The number of carbonyl (C=O) groups is 1.